The van der Waals surface area contributed by atoms with E-state index in [2.05, 4.69) is 32.7 Å². The van der Waals surface area contributed by atoms with Gasteiger partial charge in [-0.3, -0.25) is 0 Å². The molecule has 1 saturated heterocycles. The maximum atomic E-state index is 6.63. The fourth-order valence-electron chi connectivity index (χ4n) is 5.78. The number of anilines is 2. The number of imidazole rings is 1. The maximum absolute atomic E-state index is 6.63. The third-order valence-corrected chi connectivity index (χ3v) is 8.18. The molecule has 0 amide bonds. The van der Waals surface area contributed by atoms with E-state index in [-0.39, 0.29) is 11.6 Å². The molecule has 1 atom stereocenters. The van der Waals surface area contributed by atoms with Crippen molar-refractivity contribution in [3.63, 3.8) is 0 Å². The number of nitrogens with two attached hydrogens (primary N) is 2. The first kappa shape index (κ1) is 24.0. The van der Waals surface area contributed by atoms with Gasteiger partial charge in [0, 0.05) is 24.8 Å². The first-order valence-corrected chi connectivity index (χ1v) is 13.7. The van der Waals surface area contributed by atoms with Crippen molar-refractivity contribution in [3.8, 4) is 22.8 Å². The van der Waals surface area contributed by atoms with Crippen molar-refractivity contribution in [1.82, 2.24) is 24.5 Å². The van der Waals surface area contributed by atoms with Crippen molar-refractivity contribution in [3.05, 3.63) is 72.5 Å². The highest BCUT2D eigenvalue weighted by atomic mass is 16.5. The highest BCUT2D eigenvalue weighted by molar-refractivity contribution is 5.82. The molecule has 7 rings (SSSR count). The molecule has 0 radical (unpaired) electrons. The Balaban J connectivity index is 1.32. The normalized spacial score (nSPS) is 20.6. The van der Waals surface area contributed by atoms with Gasteiger partial charge in [0.05, 0.1) is 36.2 Å². The summed E-state index contributed by atoms with van der Waals surface area (Å²) in [5.41, 5.74) is 18.0. The molecule has 0 bridgehead atoms. The summed E-state index contributed by atoms with van der Waals surface area (Å²) in [4.78, 5) is 21.7. The Bertz CT molecular complexity index is 1600. The summed E-state index contributed by atoms with van der Waals surface area (Å²) >= 11 is 0. The SMILES string of the molecule is Nc1ncccc1-c1nc2ccc(-c3cccc(N4CCOCC4)n3)nc2n1C1C=CC(C2(N)CCC2)=CC1. The average molecular weight is 521 g/mol. The van der Waals surface area contributed by atoms with E-state index in [1.807, 2.05) is 42.5 Å². The lowest BCUT2D eigenvalue weighted by Crippen LogP contribution is -2.48. The monoisotopic (exact) mass is 520 g/mol. The van der Waals surface area contributed by atoms with E-state index in [9.17, 15) is 0 Å². The van der Waals surface area contributed by atoms with Crippen LogP contribution in [0.1, 0.15) is 31.7 Å². The minimum atomic E-state index is -0.183. The first-order chi connectivity index (χ1) is 19.1. The van der Waals surface area contributed by atoms with E-state index in [0.29, 0.717) is 19.0 Å². The van der Waals surface area contributed by atoms with E-state index in [0.717, 1.165) is 72.1 Å². The van der Waals surface area contributed by atoms with Gasteiger partial charge in [0.2, 0.25) is 0 Å². The van der Waals surface area contributed by atoms with Crippen molar-refractivity contribution >= 4 is 22.8 Å². The van der Waals surface area contributed by atoms with E-state index in [1.165, 1.54) is 12.0 Å². The molecular formula is C30H32N8O. The second-order valence-electron chi connectivity index (χ2n) is 10.6. The van der Waals surface area contributed by atoms with E-state index >= 15 is 0 Å². The fraction of sp³-hybridized carbons (Fsp3) is 0.333. The Morgan fingerprint density at radius 2 is 1.79 bits per heavy atom. The zero-order valence-corrected chi connectivity index (χ0v) is 21.8. The number of hydrogen-bond donors (Lipinski definition) is 2. The van der Waals surface area contributed by atoms with Crippen LogP contribution in [0.3, 0.4) is 0 Å². The Kier molecular flexibility index (Phi) is 5.90. The largest absolute Gasteiger partial charge is 0.383 e. The van der Waals surface area contributed by atoms with Crippen LogP contribution in [0.5, 0.6) is 0 Å². The van der Waals surface area contributed by atoms with Crippen LogP contribution in [0.2, 0.25) is 0 Å². The van der Waals surface area contributed by atoms with Crippen LogP contribution >= 0.6 is 0 Å². The van der Waals surface area contributed by atoms with Crippen LogP contribution in [0, 0.1) is 0 Å². The molecular weight excluding hydrogens is 488 g/mol. The zero-order valence-electron chi connectivity index (χ0n) is 21.8. The third-order valence-electron chi connectivity index (χ3n) is 8.18. The molecule has 1 saturated carbocycles. The highest BCUT2D eigenvalue weighted by Gasteiger charge is 2.36. The van der Waals surface area contributed by atoms with Gasteiger partial charge in [0.15, 0.2) is 5.65 Å². The first-order valence-electron chi connectivity index (χ1n) is 13.7. The number of nitrogens with zero attached hydrogens (tertiary/aromatic N) is 6. The molecule has 0 spiro atoms. The van der Waals surface area contributed by atoms with E-state index in [4.69, 9.17) is 31.2 Å². The van der Waals surface area contributed by atoms with Gasteiger partial charge < -0.3 is 25.7 Å². The molecule has 39 heavy (non-hydrogen) atoms. The molecule has 0 aromatic carbocycles. The summed E-state index contributed by atoms with van der Waals surface area (Å²) in [5, 5.41) is 0. The van der Waals surface area contributed by atoms with Gasteiger partial charge in [-0.05, 0) is 67.7 Å². The van der Waals surface area contributed by atoms with Crippen molar-refractivity contribution in [2.24, 2.45) is 5.73 Å². The second-order valence-corrected chi connectivity index (χ2v) is 10.6. The van der Waals surface area contributed by atoms with Crippen LogP contribution < -0.4 is 16.4 Å². The number of allylic oxidation sites excluding steroid dienone is 2. The number of nitrogen functional groups attached to an aromatic ring is 1. The van der Waals surface area contributed by atoms with Gasteiger partial charge in [-0.25, -0.2) is 19.9 Å². The minimum Gasteiger partial charge on any atom is -0.383 e. The average Bonchev–Trinajstić information content (AvgIpc) is 3.35. The van der Waals surface area contributed by atoms with Gasteiger partial charge in [-0.1, -0.05) is 24.3 Å². The molecule has 4 aromatic heterocycles. The number of rotatable bonds is 5. The summed E-state index contributed by atoms with van der Waals surface area (Å²) in [6, 6.07) is 14.0. The number of pyridine rings is 3. The quantitative estimate of drug-likeness (QED) is 0.400. The number of ether oxygens (including phenoxy) is 1. The third kappa shape index (κ3) is 4.27. The van der Waals surface area contributed by atoms with Crippen LogP contribution in [-0.4, -0.2) is 56.3 Å². The molecule has 2 aliphatic carbocycles. The van der Waals surface area contributed by atoms with E-state index < -0.39 is 0 Å². The lowest BCUT2D eigenvalue weighted by Gasteiger charge is -2.40. The van der Waals surface area contributed by atoms with Gasteiger partial charge in [0.1, 0.15) is 23.0 Å². The van der Waals surface area contributed by atoms with Crippen LogP contribution in [-0.2, 0) is 4.74 Å². The van der Waals surface area contributed by atoms with Gasteiger partial charge >= 0.3 is 0 Å². The number of morpholine rings is 1. The molecule has 2 fully saturated rings. The number of hydrogen-bond acceptors (Lipinski definition) is 8. The topological polar surface area (TPSA) is 121 Å². The maximum Gasteiger partial charge on any atom is 0.161 e. The smallest absolute Gasteiger partial charge is 0.161 e. The van der Waals surface area contributed by atoms with Crippen molar-refractivity contribution in [2.45, 2.75) is 37.3 Å². The zero-order chi connectivity index (χ0) is 26.4. The molecule has 1 aliphatic heterocycles. The molecule has 3 aliphatic rings. The summed E-state index contributed by atoms with van der Waals surface area (Å²) in [6.07, 6.45) is 12.5. The summed E-state index contributed by atoms with van der Waals surface area (Å²) in [7, 11) is 0. The number of fused-ring (bicyclic) bond motifs is 1. The molecule has 1 unspecified atom stereocenters. The van der Waals surface area contributed by atoms with Crippen LogP contribution in [0.15, 0.2) is 72.5 Å². The standard InChI is InChI=1S/C30H32N8O/c31-27-22(4-2-15-33-27)28-36-25-12-11-24(23-5-1-6-26(34-23)37-16-18-39-19-17-37)35-29(25)38(28)21-9-7-20(8-10-21)30(32)13-3-14-30/h1-2,4-9,11-12,15,21H,3,10,13-14,16-19,32H2,(H2,31,33). The predicted molar refractivity (Wildman–Crippen MR) is 153 cm³/mol. The van der Waals surface area contributed by atoms with Crippen LogP contribution in [0.4, 0.5) is 11.6 Å². The lowest BCUT2D eigenvalue weighted by molar-refractivity contribution is 0.122. The van der Waals surface area contributed by atoms with Crippen molar-refractivity contribution < 1.29 is 4.74 Å². The molecule has 5 heterocycles. The Morgan fingerprint density at radius 3 is 2.54 bits per heavy atom. The second kappa shape index (κ2) is 9.59. The molecule has 4 aromatic rings. The highest BCUT2D eigenvalue weighted by Crippen LogP contribution is 2.40. The Labute approximate surface area is 227 Å². The Morgan fingerprint density at radius 1 is 0.949 bits per heavy atom. The molecule has 198 valence electrons. The van der Waals surface area contributed by atoms with Crippen LogP contribution in [0.25, 0.3) is 33.9 Å². The predicted octanol–water partition coefficient (Wildman–Crippen LogP) is 4.28. The van der Waals surface area contributed by atoms with Gasteiger partial charge in [0.25, 0.3) is 0 Å². The molecule has 9 nitrogen and oxygen atoms in total. The Hall–Kier alpha value is -4.08. The molecule has 4 N–H and O–H groups in total. The van der Waals surface area contributed by atoms with Crippen molar-refractivity contribution in [2.75, 3.05) is 36.9 Å². The lowest BCUT2D eigenvalue weighted by atomic mass is 9.71. The summed E-state index contributed by atoms with van der Waals surface area (Å²) < 4.78 is 7.70. The van der Waals surface area contributed by atoms with Gasteiger partial charge in [-0.2, -0.15) is 0 Å². The minimum absolute atomic E-state index is 0.0208. The van der Waals surface area contributed by atoms with Gasteiger partial charge in [-0.15, -0.1) is 0 Å². The number of aromatic nitrogens is 5. The van der Waals surface area contributed by atoms with E-state index in [1.54, 1.807) is 6.20 Å². The van der Waals surface area contributed by atoms with Crippen molar-refractivity contribution in [1.29, 1.82) is 0 Å². The fourth-order valence-corrected chi connectivity index (χ4v) is 5.78. The summed E-state index contributed by atoms with van der Waals surface area (Å²) in [5.74, 6) is 2.14. The summed E-state index contributed by atoms with van der Waals surface area (Å²) in [6.45, 7) is 3.09. The molecule has 9 heteroatoms.